The van der Waals surface area contributed by atoms with Crippen molar-refractivity contribution < 1.29 is 9.63 Å². The van der Waals surface area contributed by atoms with Crippen LogP contribution >= 0.6 is 0 Å². The zero-order valence-electron chi connectivity index (χ0n) is 15.3. The molecule has 140 valence electrons. The van der Waals surface area contributed by atoms with Gasteiger partial charge in [-0.1, -0.05) is 11.6 Å². The van der Waals surface area contributed by atoms with E-state index in [-0.39, 0.29) is 5.91 Å². The fourth-order valence-electron chi connectivity index (χ4n) is 4.94. The first kappa shape index (κ1) is 17.3. The molecule has 25 heavy (non-hydrogen) atoms. The van der Waals surface area contributed by atoms with Gasteiger partial charge < -0.3 is 10.2 Å². The van der Waals surface area contributed by atoms with Crippen molar-refractivity contribution in [3.8, 4) is 0 Å². The number of oxime groups is 1. The number of nitrogens with zero attached hydrogens (tertiary/aromatic N) is 3. The Morgan fingerprint density at radius 1 is 1.04 bits per heavy atom. The maximum atomic E-state index is 11.6. The summed E-state index contributed by atoms with van der Waals surface area (Å²) in [6.45, 7) is 5.90. The molecule has 0 aromatic carbocycles. The molecule has 4 fully saturated rings. The van der Waals surface area contributed by atoms with Crippen molar-refractivity contribution in [1.82, 2.24) is 15.1 Å². The molecule has 3 atom stereocenters. The van der Waals surface area contributed by atoms with Crippen LogP contribution < -0.4 is 5.32 Å². The largest absolute Gasteiger partial charge is 0.396 e. The van der Waals surface area contributed by atoms with E-state index in [1.807, 2.05) is 0 Å². The second kappa shape index (κ2) is 8.04. The highest BCUT2D eigenvalue weighted by atomic mass is 16.6. The first-order valence-electron chi connectivity index (χ1n) is 10.2. The molecule has 4 aliphatic rings. The average Bonchev–Trinajstić information content (AvgIpc) is 2.83. The number of carbonyl (C=O) groups excluding carboxylic acids is 1. The van der Waals surface area contributed by atoms with Crippen LogP contribution in [0.25, 0.3) is 0 Å². The minimum absolute atomic E-state index is 0.197. The molecule has 4 aliphatic heterocycles. The second-order valence-electron chi connectivity index (χ2n) is 8.24. The summed E-state index contributed by atoms with van der Waals surface area (Å²) in [5, 5.41) is 7.54. The third kappa shape index (κ3) is 4.34. The summed E-state index contributed by atoms with van der Waals surface area (Å²) >= 11 is 0. The van der Waals surface area contributed by atoms with E-state index in [1.165, 1.54) is 37.9 Å². The predicted molar refractivity (Wildman–Crippen MR) is 97.5 cm³/mol. The van der Waals surface area contributed by atoms with Gasteiger partial charge in [-0.15, -0.1) is 0 Å². The van der Waals surface area contributed by atoms with Crippen molar-refractivity contribution in [3.63, 3.8) is 0 Å². The van der Waals surface area contributed by atoms with Crippen molar-refractivity contribution in [2.75, 3.05) is 39.3 Å². The molecule has 0 aliphatic carbocycles. The molecule has 4 heterocycles. The van der Waals surface area contributed by atoms with Crippen molar-refractivity contribution in [1.29, 1.82) is 0 Å². The fraction of sp³-hybridized carbons (Fsp3) is 0.895. The van der Waals surface area contributed by atoms with Crippen LogP contribution in [0.2, 0.25) is 0 Å². The molecule has 4 saturated heterocycles. The summed E-state index contributed by atoms with van der Waals surface area (Å²) < 4.78 is 0. The topological polar surface area (TPSA) is 57.2 Å². The average molecular weight is 348 g/mol. The van der Waals surface area contributed by atoms with E-state index in [9.17, 15) is 4.79 Å². The zero-order chi connectivity index (χ0) is 17.1. The van der Waals surface area contributed by atoms with Crippen LogP contribution in [0.4, 0.5) is 0 Å². The van der Waals surface area contributed by atoms with Crippen molar-refractivity contribution in [3.05, 3.63) is 0 Å². The number of carbonyl (C=O) groups is 1. The third-order valence-electron chi connectivity index (χ3n) is 6.49. The molecule has 6 nitrogen and oxygen atoms in total. The summed E-state index contributed by atoms with van der Waals surface area (Å²) in [5.41, 5.74) is 1.27. The van der Waals surface area contributed by atoms with Gasteiger partial charge in [-0.2, -0.15) is 0 Å². The van der Waals surface area contributed by atoms with Gasteiger partial charge >= 0.3 is 0 Å². The Labute approximate surface area is 150 Å². The number of amides is 1. The second-order valence-corrected chi connectivity index (χ2v) is 8.24. The molecule has 4 rings (SSSR count). The van der Waals surface area contributed by atoms with Crippen molar-refractivity contribution in [2.45, 2.75) is 63.5 Å². The Hall–Kier alpha value is -1.14. The van der Waals surface area contributed by atoms with Crippen LogP contribution in [0.5, 0.6) is 0 Å². The van der Waals surface area contributed by atoms with Crippen LogP contribution in [0.3, 0.4) is 0 Å². The van der Waals surface area contributed by atoms with Gasteiger partial charge in [-0.05, 0) is 32.2 Å². The van der Waals surface area contributed by atoms with Crippen LogP contribution in [0.15, 0.2) is 5.16 Å². The number of hydrogen-bond donors (Lipinski definition) is 1. The Balaban J connectivity index is 1.23. The Bertz CT molecular complexity index is 510. The van der Waals surface area contributed by atoms with E-state index < -0.39 is 0 Å². The molecule has 0 radical (unpaired) electrons. The van der Waals surface area contributed by atoms with Crippen LogP contribution in [-0.4, -0.2) is 72.8 Å². The highest BCUT2D eigenvalue weighted by molar-refractivity contribution is 5.85. The maximum Gasteiger partial charge on any atom is 0.221 e. The molecule has 0 bridgehead atoms. The van der Waals surface area contributed by atoms with Crippen molar-refractivity contribution >= 4 is 11.6 Å². The molecular formula is C19H32N4O2. The predicted octanol–water partition coefficient (Wildman–Crippen LogP) is 1.61. The van der Waals surface area contributed by atoms with E-state index in [0.717, 1.165) is 52.0 Å². The Kier molecular flexibility index (Phi) is 5.56. The van der Waals surface area contributed by atoms with Gasteiger partial charge in [0.15, 0.2) is 0 Å². The summed E-state index contributed by atoms with van der Waals surface area (Å²) in [6, 6.07) is 1.23. The van der Waals surface area contributed by atoms with Crippen LogP contribution in [0.1, 0.15) is 51.4 Å². The minimum Gasteiger partial charge on any atom is -0.396 e. The summed E-state index contributed by atoms with van der Waals surface area (Å²) in [7, 11) is 0. The number of hydrogen-bond acceptors (Lipinski definition) is 5. The molecule has 0 spiro atoms. The Morgan fingerprint density at radius 2 is 1.96 bits per heavy atom. The van der Waals surface area contributed by atoms with Crippen molar-refractivity contribution in [2.24, 2.45) is 11.1 Å². The van der Waals surface area contributed by atoms with Gasteiger partial charge in [0, 0.05) is 63.4 Å². The van der Waals surface area contributed by atoms with E-state index in [0.29, 0.717) is 24.4 Å². The highest BCUT2D eigenvalue weighted by Gasteiger charge is 2.31. The smallest absolute Gasteiger partial charge is 0.221 e. The monoisotopic (exact) mass is 348 g/mol. The lowest BCUT2D eigenvalue weighted by Gasteiger charge is -2.39. The Morgan fingerprint density at radius 3 is 2.92 bits per heavy atom. The lowest BCUT2D eigenvalue weighted by Crippen LogP contribution is -2.47. The van der Waals surface area contributed by atoms with E-state index in [4.69, 9.17) is 4.84 Å². The minimum atomic E-state index is 0.197. The van der Waals surface area contributed by atoms with Crippen LogP contribution in [-0.2, 0) is 9.63 Å². The summed E-state index contributed by atoms with van der Waals surface area (Å²) in [4.78, 5) is 22.5. The molecule has 6 heteroatoms. The highest BCUT2D eigenvalue weighted by Crippen LogP contribution is 2.26. The zero-order valence-corrected chi connectivity index (χ0v) is 15.3. The molecule has 1 N–H and O–H groups in total. The van der Waals surface area contributed by atoms with E-state index in [1.54, 1.807) is 0 Å². The van der Waals surface area contributed by atoms with Gasteiger partial charge in [0.1, 0.15) is 6.61 Å². The standard InChI is InChI=1S/C19H32N4O2/c24-19-7-10-23-13-15(4-5-18(23)12-20-19)14-25-21-16-6-9-22-8-2-1-3-17(22)11-16/h15,17-18H,1-14H2,(H,20,24). The number of rotatable bonds is 3. The first-order valence-corrected chi connectivity index (χ1v) is 10.2. The van der Waals surface area contributed by atoms with Crippen LogP contribution in [0, 0.1) is 5.92 Å². The number of piperidine rings is 3. The maximum absolute atomic E-state index is 11.6. The molecule has 0 aromatic rings. The molecular weight excluding hydrogens is 316 g/mol. The van der Waals surface area contributed by atoms with Gasteiger partial charge in [-0.3, -0.25) is 14.6 Å². The van der Waals surface area contributed by atoms with E-state index in [2.05, 4.69) is 20.3 Å². The molecule has 3 unspecified atom stereocenters. The first-order chi connectivity index (χ1) is 12.3. The van der Waals surface area contributed by atoms with Gasteiger partial charge in [0.2, 0.25) is 5.91 Å². The number of fused-ring (bicyclic) bond motifs is 2. The normalized spacial score (nSPS) is 36.2. The fourth-order valence-corrected chi connectivity index (χ4v) is 4.94. The lowest BCUT2D eigenvalue weighted by atomic mass is 9.92. The van der Waals surface area contributed by atoms with E-state index >= 15 is 0 Å². The summed E-state index contributed by atoms with van der Waals surface area (Å²) in [5.74, 6) is 0.742. The van der Waals surface area contributed by atoms with Gasteiger partial charge in [0.25, 0.3) is 0 Å². The number of nitrogens with one attached hydrogen (secondary N) is 1. The SMILES string of the molecule is O=C1CCN2CC(CON=C3CCN4CCCCC4C3)CCC2CN1. The summed E-state index contributed by atoms with van der Waals surface area (Å²) in [6.07, 6.45) is 9.19. The third-order valence-corrected chi connectivity index (χ3v) is 6.49. The molecule has 0 aromatic heterocycles. The molecule has 1 amide bonds. The van der Waals surface area contributed by atoms with Gasteiger partial charge in [0.05, 0.1) is 5.71 Å². The lowest BCUT2D eigenvalue weighted by molar-refractivity contribution is -0.120. The quantitative estimate of drug-likeness (QED) is 0.787. The van der Waals surface area contributed by atoms with Gasteiger partial charge in [-0.25, -0.2) is 0 Å². The molecule has 0 saturated carbocycles.